The number of ether oxygens (including phenoxy) is 3. The molecule has 0 radical (unpaired) electrons. The molecule has 0 aliphatic heterocycles. The van der Waals surface area contributed by atoms with E-state index in [1.54, 1.807) is 0 Å². The third kappa shape index (κ3) is 65.2. The van der Waals surface area contributed by atoms with Crippen LogP contribution in [0, 0.1) is 0 Å². The van der Waals surface area contributed by atoms with Crippen molar-refractivity contribution < 1.29 is 28.6 Å². The van der Waals surface area contributed by atoms with E-state index in [9.17, 15) is 14.4 Å². The third-order valence-corrected chi connectivity index (χ3v) is 12.9. The SMILES string of the molecule is CC/C=C\C/C=C\C/C=C\C/C=C\C/C=C\C/C=C\C/C=C\CCCCCC(=O)OCC(COC(=O)CCCCCCC/C=C\CCCCCCCC)OC(=O)CCC/C=C\C/C=C\C/C=C\C/C=C\C/C=C\C/C=C\C/C=C\CC. The summed E-state index contributed by atoms with van der Waals surface area (Å²) >= 11 is 0. The minimum absolute atomic E-state index is 0.125. The van der Waals surface area contributed by atoms with Crippen LogP contribution in [0.15, 0.2) is 182 Å². The zero-order chi connectivity index (χ0) is 58.5. The lowest BCUT2D eigenvalue weighted by molar-refractivity contribution is -0.167. The molecule has 6 nitrogen and oxygen atoms in total. The largest absolute Gasteiger partial charge is 0.462 e. The Kier molecular flexibility index (Phi) is 62.5. The van der Waals surface area contributed by atoms with Gasteiger partial charge in [0, 0.05) is 19.3 Å². The summed E-state index contributed by atoms with van der Waals surface area (Å²) in [4.78, 5) is 38.3. The van der Waals surface area contributed by atoms with Gasteiger partial charge in [-0.25, -0.2) is 0 Å². The maximum absolute atomic E-state index is 12.9. The van der Waals surface area contributed by atoms with Gasteiger partial charge in [-0.1, -0.05) is 261 Å². The maximum Gasteiger partial charge on any atom is 0.306 e. The maximum atomic E-state index is 12.9. The van der Waals surface area contributed by atoms with E-state index < -0.39 is 6.10 Å². The Hall–Kier alpha value is -5.49. The van der Waals surface area contributed by atoms with Gasteiger partial charge in [-0.3, -0.25) is 14.4 Å². The summed E-state index contributed by atoms with van der Waals surface area (Å²) in [5.41, 5.74) is 0. The first-order chi connectivity index (χ1) is 40.0. The minimum Gasteiger partial charge on any atom is -0.462 e. The van der Waals surface area contributed by atoms with Crippen LogP contribution in [0.5, 0.6) is 0 Å². The van der Waals surface area contributed by atoms with Crippen molar-refractivity contribution in [2.75, 3.05) is 13.2 Å². The van der Waals surface area contributed by atoms with Crippen molar-refractivity contribution in [2.45, 2.75) is 258 Å². The van der Waals surface area contributed by atoms with Crippen LogP contribution in [-0.2, 0) is 28.6 Å². The number of esters is 3. The highest BCUT2D eigenvalue weighted by Gasteiger charge is 2.19. The second kappa shape index (κ2) is 67.0. The molecule has 0 rings (SSSR count). The highest BCUT2D eigenvalue weighted by molar-refractivity contribution is 5.71. The van der Waals surface area contributed by atoms with Gasteiger partial charge in [0.25, 0.3) is 0 Å². The highest BCUT2D eigenvalue weighted by atomic mass is 16.6. The monoisotopic (exact) mass is 1110 g/mol. The van der Waals surface area contributed by atoms with Crippen molar-refractivity contribution >= 4 is 17.9 Å². The van der Waals surface area contributed by atoms with Gasteiger partial charge in [0.2, 0.25) is 0 Å². The average Bonchev–Trinajstić information content (AvgIpc) is 3.47. The Morgan fingerprint density at radius 1 is 0.259 bits per heavy atom. The Bertz CT molecular complexity index is 1900. The summed E-state index contributed by atoms with van der Waals surface area (Å²) in [6.45, 7) is 6.31. The predicted molar refractivity (Wildman–Crippen MR) is 352 cm³/mol. The molecule has 452 valence electrons. The molecule has 0 saturated heterocycles. The number of rotatable bonds is 56. The second-order valence-electron chi connectivity index (χ2n) is 20.5. The Balaban J connectivity index is 4.59. The van der Waals surface area contributed by atoms with E-state index in [0.29, 0.717) is 19.3 Å². The van der Waals surface area contributed by atoms with E-state index in [1.165, 1.54) is 51.4 Å². The van der Waals surface area contributed by atoms with E-state index in [0.717, 1.165) is 154 Å². The molecule has 0 spiro atoms. The summed E-state index contributed by atoms with van der Waals surface area (Å²) in [6.07, 6.45) is 100. The Labute approximate surface area is 497 Å². The molecule has 0 aliphatic rings. The van der Waals surface area contributed by atoms with Gasteiger partial charge in [-0.15, -0.1) is 0 Å². The molecule has 0 aliphatic carbocycles. The van der Waals surface area contributed by atoms with Crippen LogP contribution in [0.25, 0.3) is 0 Å². The molecule has 0 aromatic rings. The summed E-state index contributed by atoms with van der Waals surface area (Å²) < 4.78 is 16.8. The molecule has 0 heterocycles. The van der Waals surface area contributed by atoms with Crippen LogP contribution < -0.4 is 0 Å². The minimum atomic E-state index is -0.838. The Morgan fingerprint density at radius 3 is 0.815 bits per heavy atom. The van der Waals surface area contributed by atoms with Crippen molar-refractivity contribution in [3.8, 4) is 0 Å². The van der Waals surface area contributed by atoms with Gasteiger partial charge in [0.15, 0.2) is 6.10 Å². The van der Waals surface area contributed by atoms with Crippen LogP contribution >= 0.6 is 0 Å². The van der Waals surface area contributed by atoms with E-state index in [1.807, 2.05) is 0 Å². The zero-order valence-electron chi connectivity index (χ0n) is 51.7. The molecule has 6 heteroatoms. The van der Waals surface area contributed by atoms with Crippen LogP contribution in [0.3, 0.4) is 0 Å². The van der Waals surface area contributed by atoms with Gasteiger partial charge in [-0.05, 0) is 154 Å². The second-order valence-corrected chi connectivity index (χ2v) is 20.5. The number of carbonyl (C=O) groups is 3. The molecule has 0 amide bonds. The van der Waals surface area contributed by atoms with Crippen LogP contribution in [-0.4, -0.2) is 37.2 Å². The van der Waals surface area contributed by atoms with Crippen molar-refractivity contribution in [2.24, 2.45) is 0 Å². The van der Waals surface area contributed by atoms with Gasteiger partial charge >= 0.3 is 17.9 Å². The lowest BCUT2D eigenvalue weighted by Gasteiger charge is -2.18. The lowest BCUT2D eigenvalue weighted by atomic mass is 10.1. The van der Waals surface area contributed by atoms with Crippen molar-refractivity contribution in [1.82, 2.24) is 0 Å². The number of carbonyl (C=O) groups excluding carboxylic acids is 3. The summed E-state index contributed by atoms with van der Waals surface area (Å²) in [6, 6.07) is 0. The van der Waals surface area contributed by atoms with E-state index in [2.05, 4.69) is 203 Å². The fraction of sp³-hybridized carbons (Fsp3) is 0.560. The van der Waals surface area contributed by atoms with E-state index in [4.69, 9.17) is 14.2 Å². The summed E-state index contributed by atoms with van der Waals surface area (Å²) in [7, 11) is 0. The first-order valence-electron chi connectivity index (χ1n) is 32.3. The lowest BCUT2D eigenvalue weighted by Crippen LogP contribution is -2.30. The van der Waals surface area contributed by atoms with Gasteiger partial charge in [-0.2, -0.15) is 0 Å². The molecule has 0 aromatic heterocycles. The highest BCUT2D eigenvalue weighted by Crippen LogP contribution is 2.13. The van der Waals surface area contributed by atoms with Crippen molar-refractivity contribution in [3.63, 3.8) is 0 Å². The fourth-order valence-electron chi connectivity index (χ4n) is 8.11. The average molecular weight is 1110 g/mol. The van der Waals surface area contributed by atoms with Crippen LogP contribution in [0.2, 0.25) is 0 Å². The molecule has 0 N–H and O–H groups in total. The number of hydrogen-bond acceptors (Lipinski definition) is 6. The topological polar surface area (TPSA) is 78.9 Å². The van der Waals surface area contributed by atoms with E-state index in [-0.39, 0.29) is 37.5 Å². The number of unbranched alkanes of at least 4 members (excludes halogenated alkanes) is 15. The predicted octanol–water partition coefficient (Wildman–Crippen LogP) is 22.4. The summed E-state index contributed by atoms with van der Waals surface area (Å²) in [5, 5.41) is 0. The Morgan fingerprint density at radius 2 is 0.494 bits per heavy atom. The van der Waals surface area contributed by atoms with Crippen LogP contribution in [0.1, 0.15) is 252 Å². The zero-order valence-corrected chi connectivity index (χ0v) is 51.7. The van der Waals surface area contributed by atoms with E-state index >= 15 is 0 Å². The fourth-order valence-corrected chi connectivity index (χ4v) is 8.11. The molecular weight excluding hydrogens is 997 g/mol. The van der Waals surface area contributed by atoms with Crippen molar-refractivity contribution in [1.29, 1.82) is 0 Å². The normalized spacial score (nSPS) is 13.4. The van der Waals surface area contributed by atoms with Crippen LogP contribution in [0.4, 0.5) is 0 Å². The molecule has 0 fully saturated rings. The third-order valence-electron chi connectivity index (χ3n) is 12.9. The van der Waals surface area contributed by atoms with Gasteiger partial charge in [0.05, 0.1) is 0 Å². The van der Waals surface area contributed by atoms with Gasteiger partial charge in [0.1, 0.15) is 13.2 Å². The molecule has 0 aromatic carbocycles. The van der Waals surface area contributed by atoms with Crippen molar-refractivity contribution in [3.05, 3.63) is 182 Å². The molecule has 1 unspecified atom stereocenters. The molecule has 81 heavy (non-hydrogen) atoms. The smallest absolute Gasteiger partial charge is 0.306 e. The number of hydrogen-bond donors (Lipinski definition) is 0. The molecule has 1 atom stereocenters. The standard InChI is InChI=1S/C75H116O6/c1-4-7-10-13-16-19-22-25-28-30-32-34-36-37-39-40-42-44-47-50-53-56-59-62-65-68-74(77)80-71-72(70-79-73(76)67-64-61-58-55-52-49-46-27-24-21-18-15-12-9-6-3)81-75(78)69-66-63-60-57-54-51-48-45-43-41-38-35-33-31-29-26-23-20-17-14-11-8-5-2/h7-8,10-11,16-17,19-20,25-29,32-35,37,39,41-44,46,48,50-51,53,57,60,72H,4-6,9,12-15,18,21-24,30-31,36,38,40,45,47,49,52,54-56,58-59,61-71H2,1-3H3/b10-7-,11-8-,19-16-,20-17-,28-25-,29-26-,34-32-,35-33-,39-37-,43-41-,44-42-,46-27-,51-48-,53-50-,60-57-. The molecule has 0 saturated carbocycles. The molecule has 0 bridgehead atoms. The number of allylic oxidation sites excluding steroid dienone is 30. The summed E-state index contributed by atoms with van der Waals surface area (Å²) in [5.74, 6) is -1.03. The quantitative estimate of drug-likeness (QED) is 0.0261. The van der Waals surface area contributed by atoms with Gasteiger partial charge < -0.3 is 14.2 Å². The molecular formula is C75H116O6. The first kappa shape index (κ1) is 75.5. The first-order valence-corrected chi connectivity index (χ1v) is 32.3.